The van der Waals surface area contributed by atoms with Crippen LogP contribution in [-0.4, -0.2) is 28.6 Å². The van der Waals surface area contributed by atoms with E-state index in [9.17, 15) is 0 Å². The van der Waals surface area contributed by atoms with E-state index in [0.29, 0.717) is 17.4 Å². The van der Waals surface area contributed by atoms with Crippen LogP contribution in [0.15, 0.2) is 24.7 Å². The normalized spacial score (nSPS) is 10.2. The smallest absolute Gasteiger partial charge is 0.215 e. The molecule has 0 saturated carbocycles. The Morgan fingerprint density at radius 3 is 3.06 bits per heavy atom. The molecule has 0 aliphatic heterocycles. The number of H-pyrrole nitrogens is 1. The minimum Gasteiger partial charge on any atom is -0.481 e. The number of imidazole rings is 1. The first-order valence-corrected chi connectivity index (χ1v) is 5.31. The molecule has 2 aromatic heterocycles. The van der Waals surface area contributed by atoms with Crippen molar-refractivity contribution in [2.45, 2.75) is 6.42 Å². The Balaban J connectivity index is 1.94. The van der Waals surface area contributed by atoms with Crippen LogP contribution in [0.3, 0.4) is 0 Å². The van der Waals surface area contributed by atoms with E-state index in [1.165, 1.54) is 0 Å². The molecule has 2 rings (SSSR count). The molecule has 2 heterocycles. The minimum atomic E-state index is 0.545. The summed E-state index contributed by atoms with van der Waals surface area (Å²) in [5, 5.41) is 3.16. The van der Waals surface area contributed by atoms with Gasteiger partial charge in [-0.1, -0.05) is 0 Å². The monoisotopic (exact) mass is 233 g/mol. The van der Waals surface area contributed by atoms with Crippen molar-refractivity contribution in [1.29, 1.82) is 0 Å². The molecule has 0 spiro atoms. The molecule has 0 fully saturated rings. The van der Waals surface area contributed by atoms with Crippen molar-refractivity contribution in [3.63, 3.8) is 0 Å². The molecule has 2 aromatic rings. The van der Waals surface area contributed by atoms with Crippen LogP contribution in [0.5, 0.6) is 5.88 Å². The molecule has 17 heavy (non-hydrogen) atoms. The number of nitrogens with zero attached hydrogens (tertiary/aromatic N) is 2. The predicted octanol–water partition coefficient (Wildman–Crippen LogP) is 1.05. The van der Waals surface area contributed by atoms with Crippen LogP contribution >= 0.6 is 0 Å². The maximum absolute atomic E-state index is 5.80. The molecule has 6 nitrogen and oxygen atoms in total. The van der Waals surface area contributed by atoms with Crippen molar-refractivity contribution in [2.75, 3.05) is 24.7 Å². The van der Waals surface area contributed by atoms with E-state index in [1.807, 2.05) is 0 Å². The second-order valence-corrected chi connectivity index (χ2v) is 3.55. The van der Waals surface area contributed by atoms with Gasteiger partial charge in [0.2, 0.25) is 5.88 Å². The van der Waals surface area contributed by atoms with Crippen LogP contribution < -0.4 is 15.8 Å². The lowest BCUT2D eigenvalue weighted by molar-refractivity contribution is 0.398. The SMILES string of the molecule is COc1ccc(N)c(NCCc2cnc[nH]2)n1. The number of aromatic nitrogens is 3. The Bertz CT molecular complexity index is 469. The Morgan fingerprint density at radius 2 is 2.35 bits per heavy atom. The highest BCUT2D eigenvalue weighted by atomic mass is 16.5. The van der Waals surface area contributed by atoms with Gasteiger partial charge in [0.25, 0.3) is 0 Å². The number of nitrogens with two attached hydrogens (primary N) is 1. The van der Waals surface area contributed by atoms with Gasteiger partial charge in [-0.3, -0.25) is 0 Å². The van der Waals surface area contributed by atoms with Crippen molar-refractivity contribution < 1.29 is 4.74 Å². The molecule has 0 unspecified atom stereocenters. The summed E-state index contributed by atoms with van der Waals surface area (Å²) >= 11 is 0. The first-order chi connectivity index (χ1) is 8.29. The average molecular weight is 233 g/mol. The Kier molecular flexibility index (Phi) is 3.44. The summed E-state index contributed by atoms with van der Waals surface area (Å²) in [6, 6.07) is 3.50. The van der Waals surface area contributed by atoms with Crippen molar-refractivity contribution >= 4 is 11.5 Å². The molecule has 0 radical (unpaired) electrons. The number of nitrogen functional groups attached to an aromatic ring is 1. The second kappa shape index (κ2) is 5.20. The van der Waals surface area contributed by atoms with E-state index < -0.39 is 0 Å². The van der Waals surface area contributed by atoms with Crippen LogP contribution in [0.1, 0.15) is 5.69 Å². The summed E-state index contributed by atoms with van der Waals surface area (Å²) < 4.78 is 5.04. The highest BCUT2D eigenvalue weighted by Gasteiger charge is 2.02. The van der Waals surface area contributed by atoms with Crippen molar-refractivity contribution in [3.05, 3.63) is 30.4 Å². The van der Waals surface area contributed by atoms with E-state index >= 15 is 0 Å². The molecule has 4 N–H and O–H groups in total. The number of pyridine rings is 1. The fraction of sp³-hybridized carbons (Fsp3) is 0.273. The van der Waals surface area contributed by atoms with Gasteiger partial charge in [-0.2, -0.15) is 4.98 Å². The average Bonchev–Trinajstić information content (AvgIpc) is 2.84. The Hall–Kier alpha value is -2.24. The lowest BCUT2D eigenvalue weighted by Gasteiger charge is -2.08. The third kappa shape index (κ3) is 2.87. The van der Waals surface area contributed by atoms with E-state index in [-0.39, 0.29) is 0 Å². The Morgan fingerprint density at radius 1 is 1.47 bits per heavy atom. The van der Waals surface area contributed by atoms with E-state index in [1.54, 1.807) is 31.8 Å². The molecule has 0 aliphatic rings. The van der Waals surface area contributed by atoms with Gasteiger partial charge in [0.1, 0.15) is 0 Å². The van der Waals surface area contributed by atoms with Gasteiger partial charge in [0.15, 0.2) is 5.82 Å². The predicted molar refractivity (Wildman–Crippen MR) is 66.0 cm³/mol. The van der Waals surface area contributed by atoms with Crippen LogP contribution in [0, 0.1) is 0 Å². The maximum atomic E-state index is 5.80. The summed E-state index contributed by atoms with van der Waals surface area (Å²) in [6.07, 6.45) is 4.29. The molecule has 0 aliphatic carbocycles. The number of hydrogen-bond acceptors (Lipinski definition) is 5. The maximum Gasteiger partial charge on any atom is 0.215 e. The van der Waals surface area contributed by atoms with Crippen molar-refractivity contribution in [3.8, 4) is 5.88 Å². The van der Waals surface area contributed by atoms with E-state index in [2.05, 4.69) is 20.3 Å². The van der Waals surface area contributed by atoms with Gasteiger partial charge >= 0.3 is 0 Å². The lowest BCUT2D eigenvalue weighted by atomic mass is 10.3. The summed E-state index contributed by atoms with van der Waals surface area (Å²) in [5.41, 5.74) is 7.48. The fourth-order valence-corrected chi connectivity index (χ4v) is 1.44. The molecule has 0 atom stereocenters. The zero-order valence-electron chi connectivity index (χ0n) is 9.60. The van der Waals surface area contributed by atoms with Crippen molar-refractivity contribution in [2.24, 2.45) is 0 Å². The van der Waals surface area contributed by atoms with E-state index in [0.717, 1.165) is 18.7 Å². The molecule has 0 bridgehead atoms. The highest BCUT2D eigenvalue weighted by molar-refractivity contribution is 5.61. The lowest BCUT2D eigenvalue weighted by Crippen LogP contribution is -2.09. The van der Waals surface area contributed by atoms with Gasteiger partial charge in [0, 0.05) is 30.9 Å². The van der Waals surface area contributed by atoms with Gasteiger partial charge in [0.05, 0.1) is 19.1 Å². The summed E-state index contributed by atoms with van der Waals surface area (Å²) in [4.78, 5) is 11.2. The molecule has 6 heteroatoms. The van der Waals surface area contributed by atoms with Gasteiger partial charge in [-0.25, -0.2) is 4.98 Å². The number of nitrogens with one attached hydrogen (secondary N) is 2. The topological polar surface area (TPSA) is 88.9 Å². The minimum absolute atomic E-state index is 0.545. The number of aromatic amines is 1. The molecule has 0 aromatic carbocycles. The third-order valence-corrected chi connectivity index (χ3v) is 2.35. The summed E-state index contributed by atoms with van der Waals surface area (Å²) in [5.74, 6) is 1.19. The van der Waals surface area contributed by atoms with E-state index in [4.69, 9.17) is 10.5 Å². The molecule has 90 valence electrons. The third-order valence-electron chi connectivity index (χ3n) is 2.35. The number of hydrogen-bond donors (Lipinski definition) is 3. The fourth-order valence-electron chi connectivity index (χ4n) is 1.44. The largest absolute Gasteiger partial charge is 0.481 e. The van der Waals surface area contributed by atoms with Crippen LogP contribution in [-0.2, 0) is 6.42 Å². The molecule has 0 amide bonds. The van der Waals surface area contributed by atoms with Gasteiger partial charge in [-0.15, -0.1) is 0 Å². The summed E-state index contributed by atoms with van der Waals surface area (Å²) in [7, 11) is 1.58. The Labute approximate surface area is 99.2 Å². The highest BCUT2D eigenvalue weighted by Crippen LogP contribution is 2.19. The number of anilines is 2. The zero-order chi connectivity index (χ0) is 12.1. The number of methoxy groups -OCH3 is 1. The first kappa shape index (κ1) is 11.3. The molecule has 0 saturated heterocycles. The summed E-state index contributed by atoms with van der Waals surface area (Å²) in [6.45, 7) is 0.729. The van der Waals surface area contributed by atoms with Crippen LogP contribution in [0.25, 0.3) is 0 Å². The van der Waals surface area contributed by atoms with Gasteiger partial charge < -0.3 is 20.8 Å². The van der Waals surface area contributed by atoms with Crippen LogP contribution in [0.2, 0.25) is 0 Å². The first-order valence-electron chi connectivity index (χ1n) is 5.31. The molecular formula is C11H15N5O. The zero-order valence-corrected chi connectivity index (χ0v) is 9.60. The van der Waals surface area contributed by atoms with Crippen LogP contribution in [0.4, 0.5) is 11.5 Å². The number of rotatable bonds is 5. The standard InChI is InChI=1S/C11H15N5O/c1-17-10-3-2-9(12)11(16-10)14-5-4-8-6-13-7-15-8/h2-3,6-7H,4-5,12H2,1H3,(H,13,15)(H,14,16). The van der Waals surface area contributed by atoms with Gasteiger partial charge in [-0.05, 0) is 6.07 Å². The second-order valence-electron chi connectivity index (χ2n) is 3.55. The quantitative estimate of drug-likeness (QED) is 0.718. The van der Waals surface area contributed by atoms with Crippen molar-refractivity contribution in [1.82, 2.24) is 15.0 Å². The molecular weight excluding hydrogens is 218 g/mol. The number of ether oxygens (including phenoxy) is 1.